The summed E-state index contributed by atoms with van der Waals surface area (Å²) in [6.07, 6.45) is 7.19. The maximum Gasteiger partial charge on any atom is 0.129 e. The van der Waals surface area contributed by atoms with E-state index in [0.29, 0.717) is 0 Å². The van der Waals surface area contributed by atoms with Crippen molar-refractivity contribution < 1.29 is 9.47 Å². The van der Waals surface area contributed by atoms with Gasteiger partial charge in [0, 0.05) is 54.7 Å². The Hall–Kier alpha value is -3.51. The number of methoxy groups -OCH3 is 1. The quantitative estimate of drug-likeness (QED) is 0.458. The number of benzene rings is 2. The van der Waals surface area contributed by atoms with Gasteiger partial charge >= 0.3 is 0 Å². The molecule has 2 aromatic heterocycles. The number of pyridine rings is 1. The summed E-state index contributed by atoms with van der Waals surface area (Å²) < 4.78 is 11.1. The van der Waals surface area contributed by atoms with Gasteiger partial charge in [-0.15, -0.1) is 0 Å². The number of nitrogens with zero attached hydrogens (tertiary/aromatic N) is 4. The van der Waals surface area contributed by atoms with E-state index in [2.05, 4.69) is 45.2 Å². The van der Waals surface area contributed by atoms with Gasteiger partial charge in [-0.25, -0.2) is 9.97 Å². The third-order valence-corrected chi connectivity index (χ3v) is 5.85. The lowest BCUT2D eigenvalue weighted by molar-refractivity contribution is 0.123. The number of hydrogen-bond acceptors (Lipinski definition) is 6. The van der Waals surface area contributed by atoms with Crippen LogP contribution in [-0.2, 0) is 17.6 Å². The van der Waals surface area contributed by atoms with Crippen LogP contribution in [0.4, 0.5) is 5.69 Å². The van der Waals surface area contributed by atoms with Gasteiger partial charge in [-0.1, -0.05) is 12.1 Å². The highest BCUT2D eigenvalue weighted by atomic mass is 16.5. The van der Waals surface area contributed by atoms with E-state index in [1.54, 1.807) is 13.3 Å². The topological polar surface area (TPSA) is 60.4 Å². The molecule has 3 heterocycles. The largest absolute Gasteiger partial charge is 0.497 e. The van der Waals surface area contributed by atoms with Crippen molar-refractivity contribution in [2.45, 2.75) is 12.8 Å². The number of fused-ring (bicyclic) bond motifs is 1. The Morgan fingerprint density at radius 3 is 2.72 bits per heavy atom. The first kappa shape index (κ1) is 20.4. The van der Waals surface area contributed by atoms with Crippen molar-refractivity contribution >= 4 is 16.5 Å². The molecule has 0 bridgehead atoms. The Kier molecular flexibility index (Phi) is 5.94. The smallest absolute Gasteiger partial charge is 0.129 e. The second-order valence-corrected chi connectivity index (χ2v) is 7.90. The van der Waals surface area contributed by atoms with E-state index in [9.17, 15) is 0 Å². The monoisotopic (exact) mass is 426 g/mol. The molecule has 0 amide bonds. The molecular formula is C26H26N4O2. The minimum atomic E-state index is 0.738. The minimum absolute atomic E-state index is 0.738. The van der Waals surface area contributed by atoms with Gasteiger partial charge in [0.2, 0.25) is 0 Å². The SMILES string of the molecule is COc1ccc2cc(-c3ccnc(CCc4cccnc4)n3)cc(N3CCOCC3)c2c1. The van der Waals surface area contributed by atoms with E-state index in [0.717, 1.165) is 62.0 Å². The van der Waals surface area contributed by atoms with Crippen LogP contribution in [0.3, 0.4) is 0 Å². The van der Waals surface area contributed by atoms with E-state index in [1.165, 1.54) is 22.0 Å². The maximum atomic E-state index is 5.58. The van der Waals surface area contributed by atoms with Gasteiger partial charge in [0.05, 0.1) is 26.0 Å². The number of rotatable bonds is 6. The highest BCUT2D eigenvalue weighted by molar-refractivity contribution is 5.98. The fourth-order valence-electron chi connectivity index (χ4n) is 4.14. The summed E-state index contributed by atoms with van der Waals surface area (Å²) in [6, 6.07) is 16.7. The van der Waals surface area contributed by atoms with Crippen LogP contribution in [0.15, 0.2) is 67.1 Å². The summed E-state index contributed by atoms with van der Waals surface area (Å²) in [5.41, 5.74) is 4.41. The Bertz CT molecular complexity index is 1210. The van der Waals surface area contributed by atoms with Gasteiger partial charge in [-0.05, 0) is 53.8 Å². The number of anilines is 1. The van der Waals surface area contributed by atoms with Crippen LogP contribution in [0.2, 0.25) is 0 Å². The van der Waals surface area contributed by atoms with Crippen LogP contribution in [-0.4, -0.2) is 48.4 Å². The standard InChI is InChI=1S/C26H26N4O2/c1-31-22-6-5-20-15-21(16-25(23(20)17-22)30-11-13-32-14-12-30)24-8-10-28-26(29-24)7-4-19-3-2-9-27-18-19/h2-3,5-6,8-10,15-18H,4,7,11-14H2,1H3. The van der Waals surface area contributed by atoms with E-state index < -0.39 is 0 Å². The normalized spacial score (nSPS) is 14.0. The molecule has 0 spiro atoms. The molecule has 32 heavy (non-hydrogen) atoms. The highest BCUT2D eigenvalue weighted by Crippen LogP contribution is 2.35. The van der Waals surface area contributed by atoms with Crippen molar-refractivity contribution in [3.8, 4) is 17.0 Å². The van der Waals surface area contributed by atoms with Crippen molar-refractivity contribution in [2.75, 3.05) is 38.3 Å². The average molecular weight is 427 g/mol. The van der Waals surface area contributed by atoms with Crippen molar-refractivity contribution in [3.05, 3.63) is 78.5 Å². The molecule has 1 aliphatic heterocycles. The van der Waals surface area contributed by atoms with Crippen LogP contribution < -0.4 is 9.64 Å². The molecule has 0 aliphatic carbocycles. The van der Waals surface area contributed by atoms with Crippen molar-refractivity contribution in [1.29, 1.82) is 0 Å². The number of aromatic nitrogens is 3. The summed E-state index contributed by atoms with van der Waals surface area (Å²) in [6.45, 7) is 3.22. The molecule has 1 aliphatic rings. The van der Waals surface area contributed by atoms with E-state index in [1.807, 2.05) is 30.6 Å². The number of ether oxygens (including phenoxy) is 2. The first-order valence-electron chi connectivity index (χ1n) is 11.0. The van der Waals surface area contributed by atoms with E-state index >= 15 is 0 Å². The van der Waals surface area contributed by atoms with Gasteiger partial charge in [0.25, 0.3) is 0 Å². The lowest BCUT2D eigenvalue weighted by Gasteiger charge is -2.30. The second kappa shape index (κ2) is 9.32. The molecule has 0 atom stereocenters. The third-order valence-electron chi connectivity index (χ3n) is 5.85. The van der Waals surface area contributed by atoms with E-state index in [-0.39, 0.29) is 0 Å². The van der Waals surface area contributed by atoms with Gasteiger partial charge in [0.1, 0.15) is 11.6 Å². The first-order valence-corrected chi connectivity index (χ1v) is 11.0. The van der Waals surface area contributed by atoms with Gasteiger partial charge in [0.15, 0.2) is 0 Å². The first-order chi connectivity index (χ1) is 15.8. The van der Waals surface area contributed by atoms with Crippen molar-refractivity contribution in [1.82, 2.24) is 15.0 Å². The molecule has 0 unspecified atom stereocenters. The lowest BCUT2D eigenvalue weighted by atomic mass is 10.0. The molecule has 1 saturated heterocycles. The summed E-state index contributed by atoms with van der Waals surface area (Å²) in [7, 11) is 1.71. The predicted octanol–water partition coefficient (Wildman–Crippen LogP) is 4.32. The zero-order valence-electron chi connectivity index (χ0n) is 18.2. The molecule has 5 rings (SSSR count). The molecule has 6 nitrogen and oxygen atoms in total. The van der Waals surface area contributed by atoms with Crippen LogP contribution in [0.25, 0.3) is 22.0 Å². The molecular weight excluding hydrogens is 400 g/mol. The lowest BCUT2D eigenvalue weighted by Crippen LogP contribution is -2.36. The Balaban J connectivity index is 1.51. The Labute approximate surface area is 187 Å². The molecule has 162 valence electrons. The minimum Gasteiger partial charge on any atom is -0.497 e. The van der Waals surface area contributed by atoms with E-state index in [4.69, 9.17) is 14.5 Å². The molecule has 0 radical (unpaired) electrons. The van der Waals surface area contributed by atoms with Crippen LogP contribution in [0, 0.1) is 0 Å². The van der Waals surface area contributed by atoms with Crippen molar-refractivity contribution in [3.63, 3.8) is 0 Å². The summed E-state index contributed by atoms with van der Waals surface area (Å²) in [5, 5.41) is 2.35. The number of morpholine rings is 1. The molecule has 1 fully saturated rings. The average Bonchev–Trinajstić information content (AvgIpc) is 2.88. The molecule has 6 heteroatoms. The third kappa shape index (κ3) is 4.41. The second-order valence-electron chi connectivity index (χ2n) is 7.90. The number of hydrogen-bond donors (Lipinski definition) is 0. The Morgan fingerprint density at radius 2 is 1.91 bits per heavy atom. The maximum absolute atomic E-state index is 5.58. The van der Waals surface area contributed by atoms with Crippen LogP contribution in [0.5, 0.6) is 5.75 Å². The fourth-order valence-corrected chi connectivity index (χ4v) is 4.14. The van der Waals surface area contributed by atoms with Crippen LogP contribution >= 0.6 is 0 Å². The van der Waals surface area contributed by atoms with Crippen LogP contribution in [0.1, 0.15) is 11.4 Å². The Morgan fingerprint density at radius 1 is 1.00 bits per heavy atom. The van der Waals surface area contributed by atoms with Gasteiger partial charge < -0.3 is 14.4 Å². The summed E-state index contributed by atoms with van der Waals surface area (Å²) in [4.78, 5) is 16.0. The van der Waals surface area contributed by atoms with Crippen molar-refractivity contribution in [2.24, 2.45) is 0 Å². The zero-order valence-corrected chi connectivity index (χ0v) is 18.2. The number of aryl methyl sites for hydroxylation is 2. The highest BCUT2D eigenvalue weighted by Gasteiger charge is 2.17. The molecule has 4 aromatic rings. The predicted molar refractivity (Wildman–Crippen MR) is 126 cm³/mol. The molecule has 0 saturated carbocycles. The zero-order chi connectivity index (χ0) is 21.8. The summed E-state index contributed by atoms with van der Waals surface area (Å²) in [5.74, 6) is 1.70. The molecule has 0 N–H and O–H groups in total. The van der Waals surface area contributed by atoms with Gasteiger partial charge in [-0.2, -0.15) is 0 Å². The summed E-state index contributed by atoms with van der Waals surface area (Å²) >= 11 is 0. The molecule has 2 aromatic carbocycles. The van der Waals surface area contributed by atoms with Gasteiger partial charge in [-0.3, -0.25) is 4.98 Å². The fraction of sp³-hybridized carbons (Fsp3) is 0.269.